The van der Waals surface area contributed by atoms with Gasteiger partial charge in [0.2, 0.25) is 5.91 Å². The van der Waals surface area contributed by atoms with Gasteiger partial charge in [-0.3, -0.25) is 19.4 Å². The van der Waals surface area contributed by atoms with Crippen LogP contribution in [-0.4, -0.2) is 32.6 Å². The molecule has 0 spiro atoms. The molecule has 0 unspecified atom stereocenters. The van der Waals surface area contributed by atoms with E-state index in [2.05, 4.69) is 13.8 Å². The molecule has 1 heterocycles. The molecule has 0 aromatic heterocycles. The summed E-state index contributed by atoms with van der Waals surface area (Å²) in [5, 5.41) is 0. The molecule has 1 aliphatic rings. The van der Waals surface area contributed by atoms with Crippen LogP contribution in [0.3, 0.4) is 0 Å². The van der Waals surface area contributed by atoms with E-state index in [-0.39, 0.29) is 18.4 Å². The highest BCUT2D eigenvalue weighted by molar-refractivity contribution is 6.15. The smallest absolute Gasteiger partial charge is 0.255 e. The molecule has 1 atom stereocenters. The molecule has 2 amide bonds. The number of nitrogens with zero attached hydrogens (tertiary/aromatic N) is 2. The Bertz CT molecular complexity index is 1140. The molecular formula is C27H28N2O4. The minimum Gasteiger partial charge on any atom is -0.497 e. The van der Waals surface area contributed by atoms with Crippen molar-refractivity contribution in [2.24, 2.45) is 0 Å². The van der Waals surface area contributed by atoms with E-state index < -0.39 is 6.04 Å². The SMILES string of the molecule is COc1ccc(N2C(=O)CN(c3ccccc3OC)C(=O)[C@@H]2c2ccc(C(C)C)cc2)cc1. The lowest BCUT2D eigenvalue weighted by Crippen LogP contribution is -2.56. The fourth-order valence-corrected chi connectivity index (χ4v) is 4.14. The standard InChI is InChI=1S/C27H28N2O4/c1-18(2)19-9-11-20(12-10-19)26-27(31)28(23-7-5-6-8-24(23)33-4)17-25(30)29(26)21-13-15-22(32-3)16-14-21/h5-16,18,26H,17H2,1-4H3/t26-/m0/s1. The molecule has 1 saturated heterocycles. The molecule has 3 aromatic carbocycles. The molecule has 4 rings (SSSR count). The monoisotopic (exact) mass is 444 g/mol. The third kappa shape index (κ3) is 4.29. The first-order chi connectivity index (χ1) is 15.9. The molecule has 0 saturated carbocycles. The maximum atomic E-state index is 13.9. The molecule has 0 radical (unpaired) electrons. The highest BCUT2D eigenvalue weighted by atomic mass is 16.5. The highest BCUT2D eigenvalue weighted by Crippen LogP contribution is 2.38. The van der Waals surface area contributed by atoms with Gasteiger partial charge in [0.15, 0.2) is 0 Å². The number of ether oxygens (including phenoxy) is 2. The fourth-order valence-electron chi connectivity index (χ4n) is 4.14. The van der Waals surface area contributed by atoms with E-state index in [1.807, 2.05) is 36.4 Å². The number of piperazine rings is 1. The molecule has 6 nitrogen and oxygen atoms in total. The summed E-state index contributed by atoms with van der Waals surface area (Å²) in [6, 6.07) is 21.6. The van der Waals surface area contributed by atoms with E-state index in [1.165, 1.54) is 10.5 Å². The normalized spacial score (nSPS) is 16.3. The number of benzene rings is 3. The Hall–Kier alpha value is -3.80. The van der Waals surface area contributed by atoms with Gasteiger partial charge >= 0.3 is 0 Å². The van der Waals surface area contributed by atoms with Crippen molar-refractivity contribution in [2.75, 3.05) is 30.6 Å². The summed E-state index contributed by atoms with van der Waals surface area (Å²) in [5.74, 6) is 1.23. The number of carbonyl (C=O) groups excluding carboxylic acids is 2. The Labute approximate surface area is 194 Å². The fraction of sp³-hybridized carbons (Fsp3) is 0.259. The van der Waals surface area contributed by atoms with Crippen molar-refractivity contribution < 1.29 is 19.1 Å². The van der Waals surface area contributed by atoms with Crippen molar-refractivity contribution in [1.29, 1.82) is 0 Å². The van der Waals surface area contributed by atoms with Gasteiger partial charge in [0.25, 0.3) is 5.91 Å². The number of rotatable bonds is 6. The Morgan fingerprint density at radius 3 is 2.12 bits per heavy atom. The maximum absolute atomic E-state index is 13.9. The minimum absolute atomic E-state index is 0.0776. The van der Waals surface area contributed by atoms with Gasteiger partial charge in [0.1, 0.15) is 24.1 Å². The number of hydrogen-bond donors (Lipinski definition) is 0. The number of carbonyl (C=O) groups is 2. The van der Waals surface area contributed by atoms with Crippen molar-refractivity contribution in [2.45, 2.75) is 25.8 Å². The molecule has 0 N–H and O–H groups in total. The molecule has 6 heteroatoms. The van der Waals surface area contributed by atoms with E-state index in [1.54, 1.807) is 55.5 Å². The number of amides is 2. The van der Waals surface area contributed by atoms with Crippen molar-refractivity contribution >= 4 is 23.2 Å². The van der Waals surface area contributed by atoms with Crippen LogP contribution in [-0.2, 0) is 9.59 Å². The third-order valence-corrected chi connectivity index (χ3v) is 5.97. The number of methoxy groups -OCH3 is 2. The van der Waals surface area contributed by atoms with E-state index in [0.717, 1.165) is 5.56 Å². The molecule has 33 heavy (non-hydrogen) atoms. The third-order valence-electron chi connectivity index (χ3n) is 5.97. The van der Waals surface area contributed by atoms with Crippen LogP contribution in [0.25, 0.3) is 0 Å². The van der Waals surface area contributed by atoms with Crippen LogP contribution in [0, 0.1) is 0 Å². The second-order valence-corrected chi connectivity index (χ2v) is 8.28. The predicted octanol–water partition coefficient (Wildman–Crippen LogP) is 4.95. The zero-order valence-corrected chi connectivity index (χ0v) is 19.3. The van der Waals surface area contributed by atoms with E-state index in [9.17, 15) is 9.59 Å². The van der Waals surface area contributed by atoms with Crippen molar-refractivity contribution in [3.63, 3.8) is 0 Å². The lowest BCUT2D eigenvalue weighted by atomic mass is 9.95. The first kappa shape index (κ1) is 22.4. The van der Waals surface area contributed by atoms with Crippen LogP contribution in [0.4, 0.5) is 11.4 Å². The van der Waals surface area contributed by atoms with Crippen molar-refractivity contribution in [3.05, 3.63) is 83.9 Å². The Balaban J connectivity index is 1.81. The molecule has 0 aliphatic carbocycles. The summed E-state index contributed by atoms with van der Waals surface area (Å²) in [6.07, 6.45) is 0. The lowest BCUT2D eigenvalue weighted by Gasteiger charge is -2.40. The summed E-state index contributed by atoms with van der Waals surface area (Å²) in [7, 11) is 3.15. The van der Waals surface area contributed by atoms with Crippen LogP contribution in [0.5, 0.6) is 11.5 Å². The van der Waals surface area contributed by atoms with Gasteiger partial charge in [-0.2, -0.15) is 0 Å². The minimum atomic E-state index is -0.800. The van der Waals surface area contributed by atoms with E-state index >= 15 is 0 Å². The molecule has 1 fully saturated rings. The first-order valence-electron chi connectivity index (χ1n) is 10.9. The summed E-state index contributed by atoms with van der Waals surface area (Å²) in [4.78, 5) is 30.5. The van der Waals surface area contributed by atoms with Crippen LogP contribution in [0.2, 0.25) is 0 Å². The van der Waals surface area contributed by atoms with Gasteiger partial charge in [0.05, 0.1) is 19.9 Å². The predicted molar refractivity (Wildman–Crippen MR) is 129 cm³/mol. The van der Waals surface area contributed by atoms with Gasteiger partial charge in [-0.15, -0.1) is 0 Å². The van der Waals surface area contributed by atoms with E-state index in [4.69, 9.17) is 9.47 Å². The van der Waals surface area contributed by atoms with Crippen LogP contribution < -0.4 is 19.3 Å². The van der Waals surface area contributed by atoms with Crippen LogP contribution in [0.15, 0.2) is 72.8 Å². The quantitative estimate of drug-likeness (QED) is 0.540. The van der Waals surface area contributed by atoms with Gasteiger partial charge in [0, 0.05) is 5.69 Å². The van der Waals surface area contributed by atoms with E-state index in [0.29, 0.717) is 28.8 Å². The van der Waals surface area contributed by atoms with Gasteiger partial charge < -0.3 is 9.47 Å². The second kappa shape index (κ2) is 9.36. The second-order valence-electron chi connectivity index (χ2n) is 8.28. The lowest BCUT2D eigenvalue weighted by molar-refractivity contribution is -0.128. The maximum Gasteiger partial charge on any atom is 0.255 e. The summed E-state index contributed by atoms with van der Waals surface area (Å²) < 4.78 is 10.7. The van der Waals surface area contributed by atoms with Gasteiger partial charge in [-0.25, -0.2) is 0 Å². The largest absolute Gasteiger partial charge is 0.497 e. The summed E-state index contributed by atoms with van der Waals surface area (Å²) >= 11 is 0. The number of hydrogen-bond acceptors (Lipinski definition) is 4. The average molecular weight is 445 g/mol. The zero-order valence-electron chi connectivity index (χ0n) is 19.3. The number of anilines is 2. The average Bonchev–Trinajstić information content (AvgIpc) is 2.85. The molecule has 0 bridgehead atoms. The number of para-hydroxylation sites is 2. The highest BCUT2D eigenvalue weighted by Gasteiger charge is 2.42. The Morgan fingerprint density at radius 1 is 0.848 bits per heavy atom. The van der Waals surface area contributed by atoms with Gasteiger partial charge in [-0.05, 0) is 53.4 Å². The van der Waals surface area contributed by atoms with Crippen molar-refractivity contribution in [1.82, 2.24) is 0 Å². The topological polar surface area (TPSA) is 59.1 Å². The van der Waals surface area contributed by atoms with Gasteiger partial charge in [-0.1, -0.05) is 50.2 Å². The van der Waals surface area contributed by atoms with Crippen molar-refractivity contribution in [3.8, 4) is 11.5 Å². The summed E-state index contributed by atoms with van der Waals surface area (Å²) in [6.45, 7) is 4.17. The molecular weight excluding hydrogens is 416 g/mol. The molecule has 3 aromatic rings. The van der Waals surface area contributed by atoms with Crippen LogP contribution >= 0.6 is 0 Å². The molecule has 1 aliphatic heterocycles. The summed E-state index contributed by atoms with van der Waals surface area (Å²) in [5.41, 5.74) is 3.15. The Morgan fingerprint density at radius 2 is 1.52 bits per heavy atom. The zero-order chi connectivity index (χ0) is 23.5. The first-order valence-corrected chi connectivity index (χ1v) is 10.9. The Kier molecular flexibility index (Phi) is 6.36. The molecule has 170 valence electrons. The van der Waals surface area contributed by atoms with Crippen LogP contribution in [0.1, 0.15) is 36.9 Å².